The quantitative estimate of drug-likeness (QED) is 0.584. The first kappa shape index (κ1) is 18.5. The standard InChI is InChI=1S/C22H24N2OS/c1-4-17-8-10-18(11-9-17)23-20(25)12-13-26-21-14-16(3)19-7-5-6-15(2)22(19)24-21/h5-11,14H,4,12-13H2,1-3H3,(H,23,25). The third-order valence-corrected chi connectivity index (χ3v) is 5.36. The zero-order chi connectivity index (χ0) is 18.5. The minimum Gasteiger partial charge on any atom is -0.326 e. The summed E-state index contributed by atoms with van der Waals surface area (Å²) in [7, 11) is 0. The van der Waals surface area contributed by atoms with E-state index in [4.69, 9.17) is 4.98 Å². The van der Waals surface area contributed by atoms with Crippen molar-refractivity contribution in [3.8, 4) is 0 Å². The minimum atomic E-state index is 0.0374. The molecule has 1 amide bonds. The van der Waals surface area contributed by atoms with Gasteiger partial charge in [0.2, 0.25) is 5.91 Å². The molecule has 0 aliphatic rings. The SMILES string of the molecule is CCc1ccc(NC(=O)CCSc2cc(C)c3cccc(C)c3n2)cc1. The second kappa shape index (κ2) is 8.37. The summed E-state index contributed by atoms with van der Waals surface area (Å²) in [6.07, 6.45) is 1.47. The first-order valence-electron chi connectivity index (χ1n) is 8.95. The van der Waals surface area contributed by atoms with Crippen LogP contribution in [0.2, 0.25) is 0 Å². The number of anilines is 1. The van der Waals surface area contributed by atoms with E-state index in [1.54, 1.807) is 11.8 Å². The van der Waals surface area contributed by atoms with Crippen molar-refractivity contribution in [2.24, 2.45) is 0 Å². The molecule has 0 aliphatic heterocycles. The van der Waals surface area contributed by atoms with Crippen LogP contribution in [0.1, 0.15) is 30.0 Å². The smallest absolute Gasteiger partial charge is 0.225 e. The second-order valence-corrected chi connectivity index (χ2v) is 7.56. The molecule has 0 bridgehead atoms. The Balaban J connectivity index is 1.58. The number of rotatable bonds is 6. The van der Waals surface area contributed by atoms with Crippen LogP contribution in [0, 0.1) is 13.8 Å². The maximum absolute atomic E-state index is 12.1. The van der Waals surface area contributed by atoms with Gasteiger partial charge in [0.15, 0.2) is 0 Å². The molecule has 0 radical (unpaired) electrons. The first-order valence-corrected chi connectivity index (χ1v) is 9.94. The van der Waals surface area contributed by atoms with Gasteiger partial charge in [-0.2, -0.15) is 0 Å². The van der Waals surface area contributed by atoms with Crippen LogP contribution in [0.25, 0.3) is 10.9 Å². The number of pyridine rings is 1. The average molecular weight is 365 g/mol. The van der Waals surface area contributed by atoms with Gasteiger partial charge in [-0.05, 0) is 55.2 Å². The lowest BCUT2D eigenvalue weighted by Crippen LogP contribution is -2.12. The molecular formula is C22H24N2OS. The normalized spacial score (nSPS) is 10.9. The average Bonchev–Trinajstić information content (AvgIpc) is 2.63. The van der Waals surface area contributed by atoms with Gasteiger partial charge in [-0.1, -0.05) is 37.3 Å². The van der Waals surface area contributed by atoms with Crippen LogP contribution in [0.15, 0.2) is 53.6 Å². The van der Waals surface area contributed by atoms with Crippen LogP contribution in [0.4, 0.5) is 5.69 Å². The van der Waals surface area contributed by atoms with E-state index < -0.39 is 0 Å². The molecule has 1 N–H and O–H groups in total. The van der Waals surface area contributed by atoms with Gasteiger partial charge < -0.3 is 5.32 Å². The van der Waals surface area contributed by atoms with Crippen molar-refractivity contribution >= 4 is 34.3 Å². The van der Waals surface area contributed by atoms with Crippen LogP contribution in [0.3, 0.4) is 0 Å². The molecule has 4 heteroatoms. The lowest BCUT2D eigenvalue weighted by atomic mass is 10.1. The van der Waals surface area contributed by atoms with Crippen molar-refractivity contribution in [3.63, 3.8) is 0 Å². The third-order valence-electron chi connectivity index (χ3n) is 4.45. The molecule has 26 heavy (non-hydrogen) atoms. The fourth-order valence-electron chi connectivity index (χ4n) is 2.90. The predicted octanol–water partition coefficient (Wildman–Crippen LogP) is 5.53. The summed E-state index contributed by atoms with van der Waals surface area (Å²) in [6, 6.07) is 16.4. The minimum absolute atomic E-state index is 0.0374. The molecule has 0 saturated carbocycles. The molecule has 0 atom stereocenters. The summed E-state index contributed by atoms with van der Waals surface area (Å²) < 4.78 is 0. The number of carbonyl (C=O) groups is 1. The second-order valence-electron chi connectivity index (χ2n) is 6.45. The third kappa shape index (κ3) is 4.44. The van der Waals surface area contributed by atoms with Crippen molar-refractivity contribution in [1.82, 2.24) is 4.98 Å². The van der Waals surface area contributed by atoms with Crippen LogP contribution in [0.5, 0.6) is 0 Å². The molecule has 3 nitrogen and oxygen atoms in total. The number of carbonyl (C=O) groups excluding carboxylic acids is 1. The Kier molecular flexibility index (Phi) is 5.94. The molecule has 1 heterocycles. The lowest BCUT2D eigenvalue weighted by molar-refractivity contribution is -0.115. The van der Waals surface area contributed by atoms with E-state index in [2.05, 4.69) is 62.5 Å². The van der Waals surface area contributed by atoms with E-state index in [1.165, 1.54) is 22.1 Å². The Labute approximate surface area is 159 Å². The number of aromatic nitrogens is 1. The van der Waals surface area contributed by atoms with Gasteiger partial charge in [-0.25, -0.2) is 4.98 Å². The van der Waals surface area contributed by atoms with E-state index in [-0.39, 0.29) is 5.91 Å². The number of para-hydroxylation sites is 1. The molecule has 1 aromatic heterocycles. The first-order chi connectivity index (χ1) is 12.6. The van der Waals surface area contributed by atoms with Crippen molar-refractivity contribution < 1.29 is 4.79 Å². The fraction of sp³-hybridized carbons (Fsp3) is 0.273. The van der Waals surface area contributed by atoms with E-state index in [0.29, 0.717) is 12.2 Å². The molecule has 0 unspecified atom stereocenters. The highest BCUT2D eigenvalue weighted by molar-refractivity contribution is 7.99. The van der Waals surface area contributed by atoms with Crippen LogP contribution in [-0.2, 0) is 11.2 Å². The van der Waals surface area contributed by atoms with Gasteiger partial charge in [0.05, 0.1) is 10.5 Å². The highest BCUT2D eigenvalue weighted by Gasteiger charge is 2.07. The van der Waals surface area contributed by atoms with Crippen molar-refractivity contribution in [2.45, 2.75) is 38.6 Å². The molecular weight excluding hydrogens is 340 g/mol. The van der Waals surface area contributed by atoms with Crippen LogP contribution in [-0.4, -0.2) is 16.6 Å². The number of nitrogens with one attached hydrogen (secondary N) is 1. The molecule has 0 saturated heterocycles. The molecule has 3 rings (SSSR count). The largest absolute Gasteiger partial charge is 0.326 e. The number of hydrogen-bond donors (Lipinski definition) is 1. The zero-order valence-electron chi connectivity index (χ0n) is 15.5. The van der Waals surface area contributed by atoms with Gasteiger partial charge in [0.25, 0.3) is 0 Å². The number of amides is 1. The highest BCUT2D eigenvalue weighted by Crippen LogP contribution is 2.26. The van der Waals surface area contributed by atoms with Crippen molar-refractivity contribution in [2.75, 3.05) is 11.1 Å². The monoisotopic (exact) mass is 364 g/mol. The van der Waals surface area contributed by atoms with Gasteiger partial charge >= 0.3 is 0 Å². The summed E-state index contributed by atoms with van der Waals surface area (Å²) in [5.41, 5.74) is 5.58. The molecule has 0 aliphatic carbocycles. The Morgan fingerprint density at radius 1 is 1.08 bits per heavy atom. The van der Waals surface area contributed by atoms with Gasteiger partial charge in [0.1, 0.15) is 0 Å². The Hall–Kier alpha value is -2.33. The Morgan fingerprint density at radius 2 is 1.85 bits per heavy atom. The molecule has 2 aromatic carbocycles. The number of nitrogens with zero attached hydrogens (tertiary/aromatic N) is 1. The fourth-order valence-corrected chi connectivity index (χ4v) is 3.81. The topological polar surface area (TPSA) is 42.0 Å². The predicted molar refractivity (Wildman–Crippen MR) is 111 cm³/mol. The van der Waals surface area contributed by atoms with E-state index in [1.807, 2.05) is 12.1 Å². The summed E-state index contributed by atoms with van der Waals surface area (Å²) in [5, 5.41) is 5.13. The summed E-state index contributed by atoms with van der Waals surface area (Å²) >= 11 is 1.63. The van der Waals surface area contributed by atoms with Gasteiger partial charge in [-0.15, -0.1) is 11.8 Å². The summed E-state index contributed by atoms with van der Waals surface area (Å²) in [4.78, 5) is 16.9. The number of benzene rings is 2. The Morgan fingerprint density at radius 3 is 2.58 bits per heavy atom. The number of hydrogen-bond acceptors (Lipinski definition) is 3. The molecule has 134 valence electrons. The molecule has 0 spiro atoms. The van der Waals surface area contributed by atoms with Crippen molar-refractivity contribution in [3.05, 3.63) is 65.2 Å². The number of thioether (sulfide) groups is 1. The van der Waals surface area contributed by atoms with Crippen molar-refractivity contribution in [1.29, 1.82) is 0 Å². The summed E-state index contributed by atoms with van der Waals surface area (Å²) in [6.45, 7) is 6.31. The number of aryl methyl sites for hydroxylation is 3. The Bertz CT molecular complexity index is 919. The van der Waals surface area contributed by atoms with E-state index >= 15 is 0 Å². The lowest BCUT2D eigenvalue weighted by Gasteiger charge is -2.09. The zero-order valence-corrected chi connectivity index (χ0v) is 16.3. The van der Waals surface area contributed by atoms with E-state index in [9.17, 15) is 4.79 Å². The summed E-state index contributed by atoms with van der Waals surface area (Å²) in [5.74, 6) is 0.748. The maximum Gasteiger partial charge on any atom is 0.225 e. The molecule has 0 fully saturated rings. The highest BCUT2D eigenvalue weighted by atomic mass is 32.2. The molecule has 3 aromatic rings. The van der Waals surface area contributed by atoms with Gasteiger partial charge in [0, 0.05) is 23.2 Å². The number of fused-ring (bicyclic) bond motifs is 1. The van der Waals surface area contributed by atoms with Crippen LogP contribution < -0.4 is 5.32 Å². The van der Waals surface area contributed by atoms with E-state index in [0.717, 1.165) is 22.7 Å². The van der Waals surface area contributed by atoms with Crippen LogP contribution >= 0.6 is 11.8 Å². The van der Waals surface area contributed by atoms with Gasteiger partial charge in [-0.3, -0.25) is 4.79 Å². The maximum atomic E-state index is 12.1.